The highest BCUT2D eigenvalue weighted by atomic mass is 32.1. The predicted molar refractivity (Wildman–Crippen MR) is 85.8 cm³/mol. The summed E-state index contributed by atoms with van der Waals surface area (Å²) in [5.74, 6) is -0.126. The molecule has 2 aromatic rings. The van der Waals surface area contributed by atoms with Crippen LogP contribution in [0, 0.1) is 0 Å². The second-order valence-corrected chi connectivity index (χ2v) is 5.23. The molecule has 0 radical (unpaired) electrons. The lowest BCUT2D eigenvalue weighted by atomic mass is 10.3. The summed E-state index contributed by atoms with van der Waals surface area (Å²) in [6, 6.07) is 10.2. The molecule has 1 heterocycles. The quantitative estimate of drug-likeness (QED) is 0.463. The van der Waals surface area contributed by atoms with Gasteiger partial charge in [0.1, 0.15) is 5.75 Å². The molecule has 0 unspecified atom stereocenters. The normalized spacial score (nSPS) is 10.4. The van der Waals surface area contributed by atoms with Crippen molar-refractivity contribution in [2.45, 2.75) is 0 Å². The van der Waals surface area contributed by atoms with Gasteiger partial charge in [-0.15, -0.1) is 11.3 Å². The Morgan fingerprint density at radius 2 is 2.00 bits per heavy atom. The fraction of sp³-hybridized carbons (Fsp3) is 0. The van der Waals surface area contributed by atoms with E-state index in [2.05, 4.69) is 10.6 Å². The molecule has 1 amide bonds. The highest BCUT2D eigenvalue weighted by Crippen LogP contribution is 2.13. The van der Waals surface area contributed by atoms with E-state index in [0.717, 1.165) is 4.88 Å². The third-order valence-corrected chi connectivity index (χ3v) is 3.35. The number of hydrogen-bond acceptors (Lipinski definition) is 4. The van der Waals surface area contributed by atoms with Gasteiger partial charge >= 0.3 is 0 Å². The Kier molecular flexibility index (Phi) is 4.86. The molecule has 2 rings (SSSR count). The van der Waals surface area contributed by atoms with Crippen molar-refractivity contribution in [3.05, 3.63) is 52.7 Å². The molecule has 1 aromatic heterocycles. The number of nitrogens with one attached hydrogen (secondary N) is 2. The van der Waals surface area contributed by atoms with Crippen LogP contribution in [0.15, 0.2) is 47.9 Å². The molecule has 102 valence electrons. The van der Waals surface area contributed by atoms with Crippen LogP contribution in [0.5, 0.6) is 5.75 Å². The predicted octanol–water partition coefficient (Wildman–Crippen LogP) is 2.98. The van der Waals surface area contributed by atoms with Gasteiger partial charge in [-0.25, -0.2) is 0 Å². The van der Waals surface area contributed by atoms with Crippen LogP contribution < -0.4 is 10.6 Å². The summed E-state index contributed by atoms with van der Waals surface area (Å²) in [6.07, 6.45) is 3.15. The molecule has 0 aliphatic carbocycles. The first-order valence-electron chi connectivity index (χ1n) is 5.76. The van der Waals surface area contributed by atoms with E-state index < -0.39 is 0 Å². The molecule has 0 spiro atoms. The van der Waals surface area contributed by atoms with Gasteiger partial charge in [0.2, 0.25) is 5.91 Å². The van der Waals surface area contributed by atoms with Crippen LogP contribution in [-0.2, 0) is 4.79 Å². The zero-order valence-corrected chi connectivity index (χ0v) is 12.0. The van der Waals surface area contributed by atoms with Gasteiger partial charge in [-0.05, 0) is 54.0 Å². The summed E-state index contributed by atoms with van der Waals surface area (Å²) in [7, 11) is 0. The number of thiocarbonyl (C=S) groups is 1. The standard InChI is InChI=1S/C14H12N2O2S2/c17-11-5-3-10(4-6-11)15-14(19)16-13(18)8-7-12-2-1-9-20-12/h1-9,17H,(H2,15,16,18,19). The van der Waals surface area contributed by atoms with Crippen LogP contribution >= 0.6 is 23.6 Å². The molecule has 3 N–H and O–H groups in total. The van der Waals surface area contributed by atoms with Crippen molar-refractivity contribution in [2.24, 2.45) is 0 Å². The largest absolute Gasteiger partial charge is 0.508 e. The minimum atomic E-state index is -0.297. The van der Waals surface area contributed by atoms with Crippen molar-refractivity contribution in [1.82, 2.24) is 5.32 Å². The van der Waals surface area contributed by atoms with Crippen LogP contribution in [0.1, 0.15) is 4.88 Å². The summed E-state index contributed by atoms with van der Waals surface area (Å²) >= 11 is 6.57. The molecule has 0 bridgehead atoms. The number of phenolic OH excluding ortho intramolecular Hbond substituents is 1. The maximum absolute atomic E-state index is 11.6. The summed E-state index contributed by atoms with van der Waals surface area (Å²) < 4.78 is 0. The Morgan fingerprint density at radius 1 is 1.25 bits per heavy atom. The number of aromatic hydroxyl groups is 1. The second-order valence-electron chi connectivity index (χ2n) is 3.84. The average Bonchev–Trinajstić information content (AvgIpc) is 2.92. The number of amides is 1. The van der Waals surface area contributed by atoms with E-state index in [0.29, 0.717) is 5.69 Å². The Balaban J connectivity index is 1.85. The fourth-order valence-electron chi connectivity index (χ4n) is 1.40. The van der Waals surface area contributed by atoms with Crippen molar-refractivity contribution in [1.29, 1.82) is 0 Å². The van der Waals surface area contributed by atoms with Crippen molar-refractivity contribution >= 4 is 46.3 Å². The monoisotopic (exact) mass is 304 g/mol. The molecule has 0 atom stereocenters. The molecular weight excluding hydrogens is 292 g/mol. The Bertz CT molecular complexity index is 619. The highest BCUT2D eigenvalue weighted by molar-refractivity contribution is 7.80. The van der Waals surface area contributed by atoms with E-state index in [-0.39, 0.29) is 16.8 Å². The average molecular weight is 304 g/mol. The van der Waals surface area contributed by atoms with Gasteiger partial charge in [0.25, 0.3) is 0 Å². The third kappa shape index (κ3) is 4.49. The molecule has 0 saturated heterocycles. The lowest BCUT2D eigenvalue weighted by Gasteiger charge is -2.07. The Labute approximate surface area is 125 Å². The van der Waals surface area contributed by atoms with Crippen LogP contribution in [0.25, 0.3) is 6.08 Å². The minimum absolute atomic E-state index is 0.171. The first kappa shape index (κ1) is 14.2. The minimum Gasteiger partial charge on any atom is -0.508 e. The van der Waals surface area contributed by atoms with Crippen LogP contribution in [-0.4, -0.2) is 16.1 Å². The SMILES string of the molecule is O=C(C=Cc1cccs1)NC(=S)Nc1ccc(O)cc1. The smallest absolute Gasteiger partial charge is 0.250 e. The number of carbonyl (C=O) groups is 1. The number of benzene rings is 1. The second kappa shape index (κ2) is 6.83. The summed E-state index contributed by atoms with van der Waals surface area (Å²) in [4.78, 5) is 12.6. The molecule has 4 nitrogen and oxygen atoms in total. The molecule has 0 saturated carbocycles. The van der Waals surface area contributed by atoms with E-state index >= 15 is 0 Å². The van der Waals surface area contributed by atoms with Crippen molar-refractivity contribution in [3.8, 4) is 5.75 Å². The van der Waals surface area contributed by atoms with Gasteiger partial charge in [-0.2, -0.15) is 0 Å². The molecule has 0 fully saturated rings. The van der Waals surface area contributed by atoms with E-state index in [9.17, 15) is 4.79 Å². The van der Waals surface area contributed by atoms with E-state index in [4.69, 9.17) is 17.3 Å². The molecule has 20 heavy (non-hydrogen) atoms. The van der Waals surface area contributed by atoms with Gasteiger partial charge in [0.05, 0.1) is 0 Å². The number of anilines is 1. The van der Waals surface area contributed by atoms with Gasteiger partial charge in [-0.1, -0.05) is 6.07 Å². The number of carbonyl (C=O) groups excluding carboxylic acids is 1. The number of thiophene rings is 1. The van der Waals surface area contributed by atoms with Crippen molar-refractivity contribution in [3.63, 3.8) is 0 Å². The topological polar surface area (TPSA) is 61.4 Å². The van der Waals surface area contributed by atoms with Crippen LogP contribution in [0.4, 0.5) is 5.69 Å². The third-order valence-electron chi connectivity index (χ3n) is 2.30. The summed E-state index contributed by atoms with van der Waals surface area (Å²) in [5.41, 5.74) is 0.690. The van der Waals surface area contributed by atoms with Gasteiger partial charge in [0.15, 0.2) is 5.11 Å². The molecule has 0 aliphatic heterocycles. The highest BCUT2D eigenvalue weighted by Gasteiger charge is 2.01. The summed E-state index contributed by atoms with van der Waals surface area (Å²) in [5, 5.41) is 16.7. The molecule has 6 heteroatoms. The lowest BCUT2D eigenvalue weighted by Crippen LogP contribution is -2.32. The number of phenols is 1. The maximum atomic E-state index is 11.6. The molecular formula is C14H12N2O2S2. The molecule has 1 aromatic carbocycles. The van der Waals surface area contributed by atoms with Crippen LogP contribution in [0.3, 0.4) is 0 Å². The fourth-order valence-corrected chi connectivity index (χ4v) is 2.24. The Morgan fingerprint density at radius 3 is 2.65 bits per heavy atom. The first-order chi connectivity index (χ1) is 9.63. The zero-order valence-electron chi connectivity index (χ0n) is 10.4. The summed E-state index contributed by atoms with van der Waals surface area (Å²) in [6.45, 7) is 0. The molecule has 0 aliphatic rings. The first-order valence-corrected chi connectivity index (χ1v) is 7.05. The van der Waals surface area contributed by atoms with E-state index in [1.165, 1.54) is 18.2 Å². The maximum Gasteiger partial charge on any atom is 0.250 e. The Hall–Kier alpha value is -2.18. The lowest BCUT2D eigenvalue weighted by molar-refractivity contribution is -0.115. The van der Waals surface area contributed by atoms with E-state index in [1.807, 2.05) is 17.5 Å². The van der Waals surface area contributed by atoms with Gasteiger partial charge in [0, 0.05) is 16.6 Å². The number of hydrogen-bond donors (Lipinski definition) is 3. The zero-order chi connectivity index (χ0) is 14.4. The van der Waals surface area contributed by atoms with Crippen LogP contribution in [0.2, 0.25) is 0 Å². The van der Waals surface area contributed by atoms with Gasteiger partial charge in [-0.3, -0.25) is 10.1 Å². The number of rotatable bonds is 3. The van der Waals surface area contributed by atoms with Gasteiger partial charge < -0.3 is 10.4 Å². The van der Waals surface area contributed by atoms with E-state index in [1.54, 1.807) is 29.5 Å². The van der Waals surface area contributed by atoms with Crippen molar-refractivity contribution < 1.29 is 9.90 Å². The van der Waals surface area contributed by atoms with Crippen molar-refractivity contribution in [2.75, 3.05) is 5.32 Å².